The van der Waals surface area contributed by atoms with Gasteiger partial charge in [-0.1, -0.05) is 13.8 Å². The van der Waals surface area contributed by atoms with E-state index < -0.39 is 0 Å². The van der Waals surface area contributed by atoms with E-state index in [9.17, 15) is 0 Å². The summed E-state index contributed by atoms with van der Waals surface area (Å²) in [6.07, 6.45) is 3.96. The van der Waals surface area contributed by atoms with Crippen molar-refractivity contribution in [1.82, 2.24) is 14.8 Å². The van der Waals surface area contributed by atoms with Crippen molar-refractivity contribution in [3.8, 4) is 0 Å². The molecule has 0 bridgehead atoms. The Hall–Kier alpha value is -0.550. The highest BCUT2D eigenvalue weighted by atomic mass is 32.2. The first-order valence-corrected chi connectivity index (χ1v) is 7.08. The molecule has 0 radical (unpaired) electrons. The van der Waals surface area contributed by atoms with Gasteiger partial charge in [-0.15, -0.1) is 0 Å². The molecule has 0 saturated heterocycles. The van der Waals surface area contributed by atoms with Gasteiger partial charge in [-0.3, -0.25) is 4.68 Å². The molecular weight excluding hydrogens is 220 g/mol. The average molecular weight is 242 g/mol. The fourth-order valence-corrected chi connectivity index (χ4v) is 2.09. The van der Waals surface area contributed by atoms with E-state index in [4.69, 9.17) is 5.73 Å². The quantitative estimate of drug-likeness (QED) is 0.826. The second-order valence-electron chi connectivity index (χ2n) is 4.50. The van der Waals surface area contributed by atoms with Crippen LogP contribution in [0.25, 0.3) is 0 Å². The van der Waals surface area contributed by atoms with Gasteiger partial charge in [-0.05, 0) is 24.3 Å². The maximum atomic E-state index is 6.09. The Kier molecular flexibility index (Phi) is 5.28. The van der Waals surface area contributed by atoms with E-state index in [0.717, 1.165) is 30.2 Å². The van der Waals surface area contributed by atoms with Crippen LogP contribution < -0.4 is 5.73 Å². The standard InChI is InChI=1S/C11H22N4S/c1-8(2)7-10-13-11(15(3)14-10)9(12)5-6-16-4/h8-9H,5-7,12H2,1-4H3. The van der Waals surface area contributed by atoms with E-state index in [2.05, 4.69) is 30.2 Å². The van der Waals surface area contributed by atoms with Crippen molar-refractivity contribution in [3.05, 3.63) is 11.6 Å². The lowest BCUT2D eigenvalue weighted by atomic mass is 10.1. The number of rotatable bonds is 6. The van der Waals surface area contributed by atoms with E-state index in [0.29, 0.717) is 5.92 Å². The van der Waals surface area contributed by atoms with Gasteiger partial charge >= 0.3 is 0 Å². The molecule has 1 aromatic heterocycles. The maximum Gasteiger partial charge on any atom is 0.151 e. The van der Waals surface area contributed by atoms with Crippen LogP contribution in [0.2, 0.25) is 0 Å². The summed E-state index contributed by atoms with van der Waals surface area (Å²) in [6.45, 7) is 4.34. The van der Waals surface area contributed by atoms with Crippen molar-refractivity contribution in [2.45, 2.75) is 32.7 Å². The molecule has 16 heavy (non-hydrogen) atoms. The molecular formula is C11H22N4S. The molecule has 1 aromatic rings. The number of hydrogen-bond acceptors (Lipinski definition) is 4. The lowest BCUT2D eigenvalue weighted by molar-refractivity contribution is 0.590. The highest BCUT2D eigenvalue weighted by molar-refractivity contribution is 7.98. The van der Waals surface area contributed by atoms with Crippen LogP contribution in [0.1, 0.15) is 38.0 Å². The Morgan fingerprint density at radius 1 is 1.44 bits per heavy atom. The molecule has 92 valence electrons. The average Bonchev–Trinajstić information content (AvgIpc) is 2.54. The number of aromatic nitrogens is 3. The second kappa shape index (κ2) is 6.25. The summed E-state index contributed by atoms with van der Waals surface area (Å²) in [5.41, 5.74) is 6.09. The van der Waals surface area contributed by atoms with Crippen LogP contribution in [-0.2, 0) is 13.5 Å². The van der Waals surface area contributed by atoms with Crippen LogP contribution in [-0.4, -0.2) is 26.8 Å². The minimum absolute atomic E-state index is 0.00543. The molecule has 5 heteroatoms. The van der Waals surface area contributed by atoms with Crippen LogP contribution in [0.4, 0.5) is 0 Å². The molecule has 1 heterocycles. The van der Waals surface area contributed by atoms with Crippen LogP contribution >= 0.6 is 11.8 Å². The number of nitrogens with zero attached hydrogens (tertiary/aromatic N) is 3. The Balaban J connectivity index is 2.68. The summed E-state index contributed by atoms with van der Waals surface area (Å²) >= 11 is 1.81. The first-order chi connectivity index (χ1) is 7.54. The summed E-state index contributed by atoms with van der Waals surface area (Å²) in [7, 11) is 1.92. The first-order valence-electron chi connectivity index (χ1n) is 5.69. The molecule has 1 atom stereocenters. The summed E-state index contributed by atoms with van der Waals surface area (Å²) in [5.74, 6) is 3.46. The van der Waals surface area contributed by atoms with Crippen molar-refractivity contribution in [3.63, 3.8) is 0 Å². The van der Waals surface area contributed by atoms with E-state index in [1.54, 1.807) is 0 Å². The van der Waals surface area contributed by atoms with Gasteiger partial charge in [0, 0.05) is 13.5 Å². The Bertz CT molecular complexity index is 322. The van der Waals surface area contributed by atoms with E-state index in [-0.39, 0.29) is 6.04 Å². The SMILES string of the molecule is CSCCC(N)c1nc(CC(C)C)nn1C. The number of aryl methyl sites for hydroxylation is 1. The molecule has 1 unspecified atom stereocenters. The van der Waals surface area contributed by atoms with Gasteiger partial charge in [0.2, 0.25) is 0 Å². The molecule has 2 N–H and O–H groups in total. The van der Waals surface area contributed by atoms with E-state index in [1.165, 1.54) is 0 Å². The number of hydrogen-bond donors (Lipinski definition) is 1. The largest absolute Gasteiger partial charge is 0.321 e. The predicted octanol–water partition coefficient (Wildman–Crippen LogP) is 1.77. The van der Waals surface area contributed by atoms with Crippen LogP contribution in [0.5, 0.6) is 0 Å². The third kappa shape index (κ3) is 3.79. The maximum absolute atomic E-state index is 6.09. The van der Waals surface area contributed by atoms with Crippen LogP contribution in [0.15, 0.2) is 0 Å². The van der Waals surface area contributed by atoms with Crippen molar-refractivity contribution in [2.75, 3.05) is 12.0 Å². The normalized spacial score (nSPS) is 13.4. The van der Waals surface area contributed by atoms with E-state index in [1.807, 2.05) is 23.5 Å². The summed E-state index contributed by atoms with van der Waals surface area (Å²) in [4.78, 5) is 4.52. The fourth-order valence-electron chi connectivity index (χ4n) is 1.60. The Morgan fingerprint density at radius 3 is 2.69 bits per heavy atom. The third-order valence-electron chi connectivity index (χ3n) is 2.40. The second-order valence-corrected chi connectivity index (χ2v) is 5.48. The molecule has 0 amide bonds. The van der Waals surface area contributed by atoms with Crippen LogP contribution in [0, 0.1) is 5.92 Å². The molecule has 0 aliphatic rings. The van der Waals surface area contributed by atoms with Gasteiger partial charge in [-0.25, -0.2) is 4.98 Å². The van der Waals surface area contributed by atoms with Gasteiger partial charge in [0.1, 0.15) is 5.82 Å². The highest BCUT2D eigenvalue weighted by Crippen LogP contribution is 2.14. The number of nitrogens with two attached hydrogens (primary N) is 1. The van der Waals surface area contributed by atoms with Crippen molar-refractivity contribution >= 4 is 11.8 Å². The Morgan fingerprint density at radius 2 is 2.12 bits per heavy atom. The zero-order valence-electron chi connectivity index (χ0n) is 10.6. The zero-order valence-corrected chi connectivity index (χ0v) is 11.4. The molecule has 0 spiro atoms. The van der Waals surface area contributed by atoms with Crippen molar-refractivity contribution < 1.29 is 0 Å². The van der Waals surface area contributed by atoms with Crippen molar-refractivity contribution in [2.24, 2.45) is 18.7 Å². The minimum atomic E-state index is 0.00543. The molecule has 0 aliphatic heterocycles. The zero-order chi connectivity index (χ0) is 12.1. The lowest BCUT2D eigenvalue weighted by Crippen LogP contribution is -2.16. The molecule has 0 fully saturated rings. The predicted molar refractivity (Wildman–Crippen MR) is 69.5 cm³/mol. The molecule has 0 aliphatic carbocycles. The van der Waals surface area contributed by atoms with Crippen molar-refractivity contribution in [1.29, 1.82) is 0 Å². The summed E-state index contributed by atoms with van der Waals surface area (Å²) in [6, 6.07) is 0.00543. The van der Waals surface area contributed by atoms with Gasteiger partial charge < -0.3 is 5.73 Å². The lowest BCUT2D eigenvalue weighted by Gasteiger charge is -2.08. The minimum Gasteiger partial charge on any atom is -0.321 e. The van der Waals surface area contributed by atoms with Crippen LogP contribution in [0.3, 0.4) is 0 Å². The first kappa shape index (κ1) is 13.5. The molecule has 0 saturated carbocycles. The molecule has 0 aromatic carbocycles. The van der Waals surface area contributed by atoms with Gasteiger partial charge in [0.25, 0.3) is 0 Å². The molecule has 1 rings (SSSR count). The van der Waals surface area contributed by atoms with Gasteiger partial charge in [-0.2, -0.15) is 16.9 Å². The third-order valence-corrected chi connectivity index (χ3v) is 3.04. The highest BCUT2D eigenvalue weighted by Gasteiger charge is 2.14. The smallest absolute Gasteiger partial charge is 0.151 e. The monoisotopic (exact) mass is 242 g/mol. The topological polar surface area (TPSA) is 56.7 Å². The van der Waals surface area contributed by atoms with E-state index >= 15 is 0 Å². The van der Waals surface area contributed by atoms with Gasteiger partial charge in [0.15, 0.2) is 5.82 Å². The Labute approximate surface area is 102 Å². The number of thioether (sulfide) groups is 1. The summed E-state index contributed by atoms with van der Waals surface area (Å²) in [5, 5.41) is 4.40. The fraction of sp³-hybridized carbons (Fsp3) is 0.818. The molecule has 4 nitrogen and oxygen atoms in total. The van der Waals surface area contributed by atoms with Gasteiger partial charge in [0.05, 0.1) is 6.04 Å². The summed E-state index contributed by atoms with van der Waals surface area (Å²) < 4.78 is 1.82.